The van der Waals surface area contributed by atoms with Gasteiger partial charge in [0.25, 0.3) is 0 Å². The third-order valence-corrected chi connectivity index (χ3v) is 2.25. The zero-order chi connectivity index (χ0) is 10.6. The normalized spacial score (nSPS) is 12.4. The van der Waals surface area contributed by atoms with E-state index in [1.54, 1.807) is 18.3 Å². The molecule has 14 heavy (non-hydrogen) atoms. The van der Waals surface area contributed by atoms with E-state index in [4.69, 9.17) is 11.5 Å². The number of nitrogens with two attached hydrogens (primary N) is 2. The molecular formula is C10H15N3O. The maximum Gasteiger partial charge on any atom is 0.170 e. The Kier molecular flexibility index (Phi) is 3.59. The van der Waals surface area contributed by atoms with Crippen LogP contribution in [0, 0.1) is 5.92 Å². The van der Waals surface area contributed by atoms with E-state index in [0.29, 0.717) is 12.1 Å². The molecule has 0 bridgehead atoms. The number of anilines is 1. The third-order valence-electron chi connectivity index (χ3n) is 2.25. The molecule has 1 rings (SSSR count). The third kappa shape index (κ3) is 2.09. The molecule has 0 fully saturated rings. The van der Waals surface area contributed by atoms with Crippen molar-refractivity contribution >= 4 is 11.6 Å². The van der Waals surface area contributed by atoms with Gasteiger partial charge in [-0.3, -0.25) is 4.79 Å². The standard InChI is InChI=1S/C10H15N3O/c1-2-7(6-11)9(14)8-4-3-5-13-10(8)12/h3-5,7H,2,6,11H2,1H3,(H2,12,13). The Balaban J connectivity index is 2.94. The van der Waals surface area contributed by atoms with Crippen molar-refractivity contribution in [3.05, 3.63) is 23.9 Å². The molecule has 0 aliphatic carbocycles. The first-order chi connectivity index (χ1) is 6.70. The Morgan fingerprint density at radius 3 is 2.86 bits per heavy atom. The van der Waals surface area contributed by atoms with Gasteiger partial charge in [0.1, 0.15) is 5.82 Å². The average molecular weight is 193 g/mol. The lowest BCUT2D eigenvalue weighted by Gasteiger charge is -2.11. The van der Waals surface area contributed by atoms with Crippen LogP contribution in [0.1, 0.15) is 23.7 Å². The van der Waals surface area contributed by atoms with Crippen LogP contribution < -0.4 is 11.5 Å². The van der Waals surface area contributed by atoms with Gasteiger partial charge in [-0.15, -0.1) is 0 Å². The number of aromatic nitrogens is 1. The molecule has 0 radical (unpaired) electrons. The minimum absolute atomic E-state index is 0.0133. The van der Waals surface area contributed by atoms with E-state index in [0.717, 1.165) is 6.42 Å². The second-order valence-electron chi connectivity index (χ2n) is 3.14. The minimum atomic E-state index is -0.151. The van der Waals surface area contributed by atoms with Gasteiger partial charge in [0.2, 0.25) is 0 Å². The summed E-state index contributed by atoms with van der Waals surface area (Å²) in [6, 6.07) is 3.38. The topological polar surface area (TPSA) is 82.0 Å². The zero-order valence-corrected chi connectivity index (χ0v) is 8.23. The Morgan fingerprint density at radius 2 is 2.36 bits per heavy atom. The molecule has 4 heteroatoms. The molecule has 1 aromatic rings. The van der Waals surface area contributed by atoms with E-state index in [9.17, 15) is 4.79 Å². The van der Waals surface area contributed by atoms with Gasteiger partial charge in [-0.2, -0.15) is 0 Å². The lowest BCUT2D eigenvalue weighted by Crippen LogP contribution is -2.24. The van der Waals surface area contributed by atoms with Crippen LogP contribution in [0.2, 0.25) is 0 Å². The molecule has 0 aliphatic rings. The summed E-state index contributed by atoms with van der Waals surface area (Å²) in [6.07, 6.45) is 2.29. The molecule has 1 atom stereocenters. The summed E-state index contributed by atoms with van der Waals surface area (Å²) in [6.45, 7) is 2.28. The molecule has 0 spiro atoms. The molecule has 0 amide bonds. The first-order valence-corrected chi connectivity index (χ1v) is 4.65. The van der Waals surface area contributed by atoms with E-state index >= 15 is 0 Å². The van der Waals surface area contributed by atoms with E-state index in [-0.39, 0.29) is 17.5 Å². The highest BCUT2D eigenvalue weighted by molar-refractivity contribution is 6.01. The molecule has 1 heterocycles. The minimum Gasteiger partial charge on any atom is -0.383 e. The lowest BCUT2D eigenvalue weighted by molar-refractivity contribution is 0.0922. The number of carbonyl (C=O) groups excluding carboxylic acids is 1. The van der Waals surface area contributed by atoms with Crippen molar-refractivity contribution in [3.63, 3.8) is 0 Å². The van der Waals surface area contributed by atoms with Gasteiger partial charge in [0.15, 0.2) is 5.78 Å². The Morgan fingerprint density at radius 1 is 1.64 bits per heavy atom. The fourth-order valence-corrected chi connectivity index (χ4v) is 1.30. The Labute approximate surface area is 83.3 Å². The number of hydrogen-bond donors (Lipinski definition) is 2. The molecule has 0 aromatic carbocycles. The van der Waals surface area contributed by atoms with Crippen LogP contribution in [-0.4, -0.2) is 17.3 Å². The van der Waals surface area contributed by atoms with Crippen LogP contribution in [0.5, 0.6) is 0 Å². The number of rotatable bonds is 4. The predicted molar refractivity (Wildman–Crippen MR) is 55.8 cm³/mol. The quantitative estimate of drug-likeness (QED) is 0.694. The summed E-state index contributed by atoms with van der Waals surface area (Å²) in [5.74, 6) is 0.117. The molecule has 1 aromatic heterocycles. The van der Waals surface area contributed by atoms with Gasteiger partial charge < -0.3 is 11.5 Å². The van der Waals surface area contributed by atoms with Gasteiger partial charge in [-0.1, -0.05) is 6.92 Å². The van der Waals surface area contributed by atoms with Gasteiger partial charge in [-0.05, 0) is 18.6 Å². The summed E-state index contributed by atoms with van der Waals surface area (Å²) >= 11 is 0. The molecule has 0 aliphatic heterocycles. The van der Waals surface area contributed by atoms with Gasteiger partial charge in [0, 0.05) is 18.7 Å². The highest BCUT2D eigenvalue weighted by Gasteiger charge is 2.18. The summed E-state index contributed by atoms with van der Waals surface area (Å²) < 4.78 is 0. The summed E-state index contributed by atoms with van der Waals surface area (Å²) in [4.78, 5) is 15.7. The number of nitrogens with zero attached hydrogens (tertiary/aromatic N) is 1. The van der Waals surface area contributed by atoms with Gasteiger partial charge in [-0.25, -0.2) is 4.98 Å². The smallest absolute Gasteiger partial charge is 0.170 e. The number of carbonyl (C=O) groups is 1. The number of hydrogen-bond acceptors (Lipinski definition) is 4. The molecule has 1 unspecified atom stereocenters. The van der Waals surface area contributed by atoms with Crippen molar-refractivity contribution in [3.8, 4) is 0 Å². The lowest BCUT2D eigenvalue weighted by atomic mass is 9.96. The maximum absolute atomic E-state index is 11.8. The molecule has 4 nitrogen and oxygen atoms in total. The number of Topliss-reactive ketones (excluding diaryl/α,β-unsaturated/α-hetero) is 1. The zero-order valence-electron chi connectivity index (χ0n) is 8.23. The van der Waals surface area contributed by atoms with E-state index < -0.39 is 0 Å². The molecular weight excluding hydrogens is 178 g/mol. The van der Waals surface area contributed by atoms with Crippen LogP contribution in [-0.2, 0) is 0 Å². The number of nitrogen functional groups attached to an aromatic ring is 1. The number of pyridine rings is 1. The van der Waals surface area contributed by atoms with Crippen LogP contribution in [0.15, 0.2) is 18.3 Å². The van der Waals surface area contributed by atoms with Crippen molar-refractivity contribution in [2.24, 2.45) is 11.7 Å². The van der Waals surface area contributed by atoms with Gasteiger partial charge in [0.05, 0.1) is 5.56 Å². The van der Waals surface area contributed by atoms with Crippen molar-refractivity contribution in [1.29, 1.82) is 0 Å². The van der Waals surface area contributed by atoms with E-state index in [1.165, 1.54) is 0 Å². The van der Waals surface area contributed by atoms with Crippen LogP contribution in [0.4, 0.5) is 5.82 Å². The van der Waals surface area contributed by atoms with E-state index in [2.05, 4.69) is 4.98 Å². The van der Waals surface area contributed by atoms with Crippen LogP contribution >= 0.6 is 0 Å². The monoisotopic (exact) mass is 193 g/mol. The maximum atomic E-state index is 11.8. The summed E-state index contributed by atoms with van der Waals surface area (Å²) in [7, 11) is 0. The highest BCUT2D eigenvalue weighted by Crippen LogP contribution is 2.15. The molecule has 0 saturated heterocycles. The Hall–Kier alpha value is -1.42. The van der Waals surface area contributed by atoms with Crippen molar-refractivity contribution in [1.82, 2.24) is 4.98 Å². The first kappa shape index (κ1) is 10.7. The predicted octanol–water partition coefficient (Wildman–Crippen LogP) is 0.831. The second kappa shape index (κ2) is 4.72. The SMILES string of the molecule is CCC(CN)C(=O)c1cccnc1N. The van der Waals surface area contributed by atoms with Crippen molar-refractivity contribution < 1.29 is 4.79 Å². The first-order valence-electron chi connectivity index (χ1n) is 4.65. The second-order valence-corrected chi connectivity index (χ2v) is 3.14. The summed E-state index contributed by atoms with van der Waals surface area (Å²) in [5, 5.41) is 0. The summed E-state index contributed by atoms with van der Waals surface area (Å²) in [5.41, 5.74) is 11.6. The molecule has 4 N–H and O–H groups in total. The fourth-order valence-electron chi connectivity index (χ4n) is 1.30. The van der Waals surface area contributed by atoms with Gasteiger partial charge >= 0.3 is 0 Å². The average Bonchev–Trinajstić information content (AvgIpc) is 2.20. The van der Waals surface area contributed by atoms with E-state index in [1.807, 2.05) is 6.92 Å². The fraction of sp³-hybridized carbons (Fsp3) is 0.400. The Bertz CT molecular complexity index is 321. The largest absolute Gasteiger partial charge is 0.383 e. The van der Waals surface area contributed by atoms with Crippen molar-refractivity contribution in [2.45, 2.75) is 13.3 Å². The molecule has 76 valence electrons. The molecule has 0 saturated carbocycles. The number of ketones is 1. The van der Waals surface area contributed by atoms with Crippen LogP contribution in [0.25, 0.3) is 0 Å². The van der Waals surface area contributed by atoms with Crippen molar-refractivity contribution in [2.75, 3.05) is 12.3 Å². The van der Waals surface area contributed by atoms with Crippen LogP contribution in [0.3, 0.4) is 0 Å². The highest BCUT2D eigenvalue weighted by atomic mass is 16.1.